The molecule has 4 nitrogen and oxygen atoms in total. The number of rotatable bonds is 4. The zero-order chi connectivity index (χ0) is 13.1. The predicted octanol–water partition coefficient (Wildman–Crippen LogP) is 2.34. The Kier molecular flexibility index (Phi) is 4.53. The van der Waals surface area contributed by atoms with Crippen LogP contribution in [-0.4, -0.2) is 30.1 Å². The number of aromatic amines is 1. The first-order valence-corrected chi connectivity index (χ1v) is 7.33. The molecule has 2 atom stereocenters. The van der Waals surface area contributed by atoms with Crippen molar-refractivity contribution in [2.45, 2.75) is 44.8 Å². The molecule has 0 bridgehead atoms. The molecule has 1 aliphatic carbocycles. The number of carbonyl (C=O) groups is 1. The molecule has 100 valence electrons. The zero-order valence-corrected chi connectivity index (χ0v) is 12.2. The van der Waals surface area contributed by atoms with Crippen LogP contribution in [0.15, 0.2) is 0 Å². The number of aryl methyl sites for hydroxylation is 1. The van der Waals surface area contributed by atoms with Crippen LogP contribution in [0.1, 0.15) is 29.8 Å². The molecule has 1 aromatic heterocycles. The van der Waals surface area contributed by atoms with Crippen molar-refractivity contribution in [3.05, 3.63) is 14.5 Å². The van der Waals surface area contributed by atoms with Crippen LogP contribution in [-0.2, 0) is 16.0 Å². The van der Waals surface area contributed by atoms with Gasteiger partial charge < -0.3 is 15.0 Å². The average molecular weight is 286 g/mol. The Morgan fingerprint density at radius 2 is 2.39 bits per heavy atom. The van der Waals surface area contributed by atoms with E-state index in [9.17, 15) is 4.79 Å². The highest BCUT2D eigenvalue weighted by atomic mass is 32.1. The molecule has 18 heavy (non-hydrogen) atoms. The topological polar surface area (TPSA) is 54.1 Å². The van der Waals surface area contributed by atoms with Gasteiger partial charge in [-0.1, -0.05) is 0 Å². The summed E-state index contributed by atoms with van der Waals surface area (Å²) in [6.45, 7) is 1.95. The lowest BCUT2D eigenvalue weighted by molar-refractivity contribution is -0.121. The van der Waals surface area contributed by atoms with Gasteiger partial charge in [-0.15, -0.1) is 11.3 Å². The molecule has 6 heteroatoms. The summed E-state index contributed by atoms with van der Waals surface area (Å²) in [5.41, 5.74) is 0.995. The van der Waals surface area contributed by atoms with E-state index in [2.05, 4.69) is 10.3 Å². The molecule has 0 saturated heterocycles. The van der Waals surface area contributed by atoms with E-state index in [1.165, 1.54) is 11.3 Å². The second kappa shape index (κ2) is 5.95. The number of thiazole rings is 1. The first kappa shape index (κ1) is 13.7. The third-order valence-corrected chi connectivity index (χ3v) is 4.68. The first-order valence-electron chi connectivity index (χ1n) is 6.11. The molecule has 1 fully saturated rings. The Morgan fingerprint density at radius 3 is 3.00 bits per heavy atom. The van der Waals surface area contributed by atoms with Crippen molar-refractivity contribution in [1.29, 1.82) is 0 Å². The Labute approximate surface area is 116 Å². The molecule has 1 aliphatic rings. The standard InChI is InChI=1S/C12H18N2O2S2/c1-7-10(18-12(17)13-7)6-11(15)14-8-4-3-5-9(8)16-2/h8-9H,3-6H2,1-2H3,(H,13,17)(H,14,15)/t8-,9-/m1/s1. The zero-order valence-electron chi connectivity index (χ0n) is 10.6. The lowest BCUT2D eigenvalue weighted by Gasteiger charge is -2.19. The van der Waals surface area contributed by atoms with Gasteiger partial charge in [0.25, 0.3) is 0 Å². The monoisotopic (exact) mass is 286 g/mol. The number of aromatic nitrogens is 1. The van der Waals surface area contributed by atoms with Crippen LogP contribution in [0.4, 0.5) is 0 Å². The molecule has 1 amide bonds. The van der Waals surface area contributed by atoms with E-state index < -0.39 is 0 Å². The Bertz CT molecular complexity index is 481. The van der Waals surface area contributed by atoms with Gasteiger partial charge in [-0.2, -0.15) is 0 Å². The van der Waals surface area contributed by atoms with Crippen molar-refractivity contribution < 1.29 is 9.53 Å². The minimum Gasteiger partial charge on any atom is -0.379 e. The minimum absolute atomic E-state index is 0.0531. The van der Waals surface area contributed by atoms with Crippen LogP contribution >= 0.6 is 23.6 Å². The van der Waals surface area contributed by atoms with Gasteiger partial charge in [0.1, 0.15) is 0 Å². The van der Waals surface area contributed by atoms with Crippen LogP contribution in [0.3, 0.4) is 0 Å². The van der Waals surface area contributed by atoms with Gasteiger partial charge in [-0.3, -0.25) is 4.79 Å². The lowest BCUT2D eigenvalue weighted by atomic mass is 10.2. The maximum Gasteiger partial charge on any atom is 0.225 e. The predicted molar refractivity (Wildman–Crippen MR) is 74.5 cm³/mol. The summed E-state index contributed by atoms with van der Waals surface area (Å²) in [6, 6.07) is 0.162. The largest absolute Gasteiger partial charge is 0.379 e. The smallest absolute Gasteiger partial charge is 0.225 e. The van der Waals surface area contributed by atoms with Gasteiger partial charge in [0, 0.05) is 17.7 Å². The minimum atomic E-state index is 0.0531. The SMILES string of the molecule is CO[C@@H]1CCC[C@H]1NC(=O)Cc1sc(=S)[nH]c1C. The van der Waals surface area contributed by atoms with E-state index >= 15 is 0 Å². The number of carbonyl (C=O) groups excluding carboxylic acids is 1. The molecule has 1 aromatic rings. The average Bonchev–Trinajstić information content (AvgIpc) is 2.86. The van der Waals surface area contributed by atoms with Crippen molar-refractivity contribution in [1.82, 2.24) is 10.3 Å². The third kappa shape index (κ3) is 3.18. The highest BCUT2D eigenvalue weighted by Crippen LogP contribution is 2.22. The highest BCUT2D eigenvalue weighted by molar-refractivity contribution is 7.73. The maximum atomic E-state index is 12.0. The van der Waals surface area contributed by atoms with E-state index in [-0.39, 0.29) is 18.1 Å². The summed E-state index contributed by atoms with van der Waals surface area (Å²) in [5.74, 6) is 0.0531. The Hall–Kier alpha value is -0.720. The molecule has 0 aromatic carbocycles. The normalized spacial score (nSPS) is 23.2. The number of hydrogen-bond acceptors (Lipinski definition) is 4. The summed E-state index contributed by atoms with van der Waals surface area (Å²) in [6.07, 6.45) is 3.72. The maximum absolute atomic E-state index is 12.0. The summed E-state index contributed by atoms with van der Waals surface area (Å²) in [5, 5.41) is 3.06. The molecule has 0 radical (unpaired) electrons. The lowest BCUT2D eigenvalue weighted by Crippen LogP contribution is -2.41. The van der Waals surface area contributed by atoms with Gasteiger partial charge >= 0.3 is 0 Å². The molecule has 0 unspecified atom stereocenters. The fourth-order valence-corrected chi connectivity index (χ4v) is 3.67. The molecular formula is C12H18N2O2S2. The number of hydrogen-bond donors (Lipinski definition) is 2. The van der Waals surface area contributed by atoms with E-state index in [0.717, 1.165) is 33.8 Å². The van der Waals surface area contributed by atoms with Gasteiger partial charge in [-0.25, -0.2) is 0 Å². The molecule has 0 spiro atoms. The number of amides is 1. The van der Waals surface area contributed by atoms with Crippen LogP contribution in [0.5, 0.6) is 0 Å². The number of methoxy groups -OCH3 is 1. The second-order valence-electron chi connectivity index (χ2n) is 4.62. The van der Waals surface area contributed by atoms with Crippen molar-refractivity contribution in [3.8, 4) is 0 Å². The molecule has 0 aliphatic heterocycles. The number of ether oxygens (including phenoxy) is 1. The van der Waals surface area contributed by atoms with Gasteiger partial charge in [0.15, 0.2) is 3.95 Å². The van der Waals surface area contributed by atoms with Gasteiger partial charge in [-0.05, 0) is 38.4 Å². The van der Waals surface area contributed by atoms with E-state index in [4.69, 9.17) is 17.0 Å². The molecule has 2 N–H and O–H groups in total. The summed E-state index contributed by atoms with van der Waals surface area (Å²) >= 11 is 6.54. The van der Waals surface area contributed by atoms with Gasteiger partial charge in [0.05, 0.1) is 18.6 Å². The first-order chi connectivity index (χ1) is 8.60. The molecule has 1 saturated carbocycles. The summed E-state index contributed by atoms with van der Waals surface area (Å²) < 4.78 is 6.10. The van der Waals surface area contributed by atoms with E-state index in [0.29, 0.717) is 6.42 Å². The van der Waals surface area contributed by atoms with E-state index in [1.54, 1.807) is 7.11 Å². The third-order valence-electron chi connectivity index (χ3n) is 3.35. The van der Waals surface area contributed by atoms with Crippen LogP contribution < -0.4 is 5.32 Å². The van der Waals surface area contributed by atoms with Crippen molar-refractivity contribution in [2.24, 2.45) is 0 Å². The summed E-state index contributed by atoms with van der Waals surface area (Å²) in [4.78, 5) is 16.1. The van der Waals surface area contributed by atoms with E-state index in [1.807, 2.05) is 6.92 Å². The van der Waals surface area contributed by atoms with Gasteiger partial charge in [0.2, 0.25) is 5.91 Å². The molecular weight excluding hydrogens is 268 g/mol. The quantitative estimate of drug-likeness (QED) is 0.835. The Morgan fingerprint density at radius 1 is 1.61 bits per heavy atom. The fourth-order valence-electron chi connectivity index (χ4n) is 2.38. The fraction of sp³-hybridized carbons (Fsp3) is 0.667. The molecule has 1 heterocycles. The Balaban J connectivity index is 1.92. The van der Waals surface area contributed by atoms with Crippen molar-refractivity contribution in [3.63, 3.8) is 0 Å². The van der Waals surface area contributed by atoms with Crippen molar-refractivity contribution >= 4 is 29.5 Å². The van der Waals surface area contributed by atoms with Crippen LogP contribution in [0.25, 0.3) is 0 Å². The molecule has 2 rings (SSSR count). The number of nitrogens with one attached hydrogen (secondary N) is 2. The van der Waals surface area contributed by atoms with Crippen molar-refractivity contribution in [2.75, 3.05) is 7.11 Å². The highest BCUT2D eigenvalue weighted by Gasteiger charge is 2.28. The summed E-state index contributed by atoms with van der Waals surface area (Å²) in [7, 11) is 1.71. The van der Waals surface area contributed by atoms with Crippen LogP contribution in [0.2, 0.25) is 0 Å². The number of H-pyrrole nitrogens is 1. The second-order valence-corrected chi connectivity index (χ2v) is 6.39. The van der Waals surface area contributed by atoms with Crippen LogP contribution in [0, 0.1) is 10.9 Å².